The molecule has 0 unspecified atom stereocenters. The van der Waals surface area contributed by atoms with Crippen molar-refractivity contribution in [2.24, 2.45) is 5.10 Å². The summed E-state index contributed by atoms with van der Waals surface area (Å²) in [6.45, 7) is 2.19. The van der Waals surface area contributed by atoms with Crippen molar-refractivity contribution in [3.63, 3.8) is 0 Å². The van der Waals surface area contributed by atoms with Gasteiger partial charge in [0.2, 0.25) is 0 Å². The molecule has 0 saturated carbocycles. The van der Waals surface area contributed by atoms with E-state index in [-0.39, 0.29) is 11.7 Å². The predicted molar refractivity (Wildman–Crippen MR) is 123 cm³/mol. The number of hydrazone groups is 1. The second kappa shape index (κ2) is 10.7. The van der Waals surface area contributed by atoms with Crippen LogP contribution in [0.25, 0.3) is 0 Å². The average molecular weight is 502 g/mol. The van der Waals surface area contributed by atoms with Gasteiger partial charge < -0.3 is 9.47 Å². The van der Waals surface area contributed by atoms with Gasteiger partial charge in [-0.25, -0.2) is 10.2 Å². The summed E-state index contributed by atoms with van der Waals surface area (Å²) < 4.78 is 11.7. The van der Waals surface area contributed by atoms with Gasteiger partial charge in [0.05, 0.1) is 22.9 Å². The third-order valence-electron chi connectivity index (χ3n) is 4.02. The molecular formula is C23H18BrClN2O4. The Morgan fingerprint density at radius 1 is 1.06 bits per heavy atom. The van der Waals surface area contributed by atoms with E-state index in [4.69, 9.17) is 21.1 Å². The number of nitrogens with one attached hydrogen (secondary N) is 1. The molecule has 1 amide bonds. The van der Waals surface area contributed by atoms with Crippen LogP contribution in [-0.4, -0.2) is 24.7 Å². The summed E-state index contributed by atoms with van der Waals surface area (Å²) in [6, 6.07) is 18.5. The smallest absolute Gasteiger partial charge is 0.343 e. The fourth-order valence-electron chi connectivity index (χ4n) is 2.58. The van der Waals surface area contributed by atoms with Gasteiger partial charge in [-0.3, -0.25) is 4.79 Å². The summed E-state index contributed by atoms with van der Waals surface area (Å²) in [6.07, 6.45) is 1.46. The first-order valence-corrected chi connectivity index (χ1v) is 10.5. The van der Waals surface area contributed by atoms with Gasteiger partial charge in [-0.2, -0.15) is 5.10 Å². The first-order chi connectivity index (χ1) is 15.0. The summed E-state index contributed by atoms with van der Waals surface area (Å²) in [4.78, 5) is 24.6. The Morgan fingerprint density at radius 3 is 2.45 bits per heavy atom. The van der Waals surface area contributed by atoms with Gasteiger partial charge in [0, 0.05) is 10.6 Å². The SMILES string of the molecule is CCOc1cc(/C=N\NC(=O)c2ccc(Cl)cc2)cc(Br)c1OC(=O)c1ccccc1. The largest absolute Gasteiger partial charge is 0.490 e. The minimum absolute atomic E-state index is 0.262. The van der Waals surface area contributed by atoms with Crippen molar-refractivity contribution in [3.05, 3.63) is 92.9 Å². The first-order valence-electron chi connectivity index (χ1n) is 9.30. The van der Waals surface area contributed by atoms with Crippen LogP contribution in [-0.2, 0) is 0 Å². The van der Waals surface area contributed by atoms with Crippen LogP contribution in [0.3, 0.4) is 0 Å². The van der Waals surface area contributed by atoms with Gasteiger partial charge in [-0.05, 0) is 76.9 Å². The molecule has 3 aromatic carbocycles. The molecule has 0 aliphatic heterocycles. The molecular weight excluding hydrogens is 484 g/mol. The molecule has 0 spiro atoms. The molecule has 0 radical (unpaired) electrons. The maximum Gasteiger partial charge on any atom is 0.343 e. The van der Waals surface area contributed by atoms with E-state index in [0.29, 0.717) is 38.5 Å². The molecule has 8 heteroatoms. The van der Waals surface area contributed by atoms with Crippen LogP contribution in [0.15, 0.2) is 76.3 Å². The van der Waals surface area contributed by atoms with E-state index in [0.717, 1.165) is 0 Å². The number of halogens is 2. The lowest BCUT2D eigenvalue weighted by molar-refractivity contribution is 0.0726. The number of rotatable bonds is 7. The lowest BCUT2D eigenvalue weighted by Gasteiger charge is -2.13. The Morgan fingerprint density at radius 2 is 1.77 bits per heavy atom. The van der Waals surface area contributed by atoms with Crippen LogP contribution in [0.4, 0.5) is 0 Å². The van der Waals surface area contributed by atoms with E-state index >= 15 is 0 Å². The minimum atomic E-state index is -0.501. The van der Waals surface area contributed by atoms with Crippen LogP contribution in [0.1, 0.15) is 33.2 Å². The van der Waals surface area contributed by atoms with Crippen LogP contribution in [0.5, 0.6) is 11.5 Å². The quantitative estimate of drug-likeness (QED) is 0.201. The van der Waals surface area contributed by atoms with E-state index in [1.165, 1.54) is 6.21 Å². The zero-order valence-corrected chi connectivity index (χ0v) is 18.8. The number of hydrogen-bond acceptors (Lipinski definition) is 5. The minimum Gasteiger partial charge on any atom is -0.490 e. The lowest BCUT2D eigenvalue weighted by Crippen LogP contribution is -2.17. The van der Waals surface area contributed by atoms with Gasteiger partial charge in [0.1, 0.15) is 0 Å². The Hall–Kier alpha value is -3.16. The molecule has 6 nitrogen and oxygen atoms in total. The number of nitrogens with zero attached hydrogens (tertiary/aromatic N) is 1. The number of benzene rings is 3. The molecule has 3 rings (SSSR count). The second-order valence-electron chi connectivity index (χ2n) is 6.22. The molecule has 0 aliphatic carbocycles. The van der Waals surface area contributed by atoms with Crippen molar-refractivity contribution in [1.82, 2.24) is 5.43 Å². The molecule has 0 atom stereocenters. The van der Waals surface area contributed by atoms with Crippen LogP contribution in [0, 0.1) is 0 Å². The molecule has 0 bridgehead atoms. The number of carbonyl (C=O) groups is 2. The molecule has 1 N–H and O–H groups in total. The summed E-state index contributed by atoms with van der Waals surface area (Å²) in [5.74, 6) is -0.242. The van der Waals surface area contributed by atoms with Crippen molar-refractivity contribution >= 4 is 45.6 Å². The Kier molecular flexibility index (Phi) is 7.81. The predicted octanol–water partition coefficient (Wildman–Crippen LogP) is 5.48. The van der Waals surface area contributed by atoms with Crippen molar-refractivity contribution in [1.29, 1.82) is 0 Å². The monoisotopic (exact) mass is 500 g/mol. The summed E-state index contributed by atoms with van der Waals surface area (Å²) in [7, 11) is 0. The molecule has 3 aromatic rings. The highest BCUT2D eigenvalue weighted by molar-refractivity contribution is 9.10. The first kappa shape index (κ1) is 22.5. The number of hydrogen-bond donors (Lipinski definition) is 1. The van der Waals surface area contributed by atoms with Crippen molar-refractivity contribution in [2.45, 2.75) is 6.92 Å². The Labute approximate surface area is 193 Å². The van der Waals surface area contributed by atoms with Crippen molar-refractivity contribution in [3.8, 4) is 11.5 Å². The topological polar surface area (TPSA) is 77.0 Å². The molecule has 0 aliphatic rings. The third kappa shape index (κ3) is 6.16. The van der Waals surface area contributed by atoms with Crippen LogP contribution < -0.4 is 14.9 Å². The highest BCUT2D eigenvalue weighted by Crippen LogP contribution is 2.37. The normalized spacial score (nSPS) is 10.7. The van der Waals surface area contributed by atoms with Gasteiger partial charge in [0.25, 0.3) is 5.91 Å². The fourth-order valence-corrected chi connectivity index (χ4v) is 3.25. The van der Waals surface area contributed by atoms with Crippen LogP contribution in [0.2, 0.25) is 5.02 Å². The van der Waals surface area contributed by atoms with Crippen molar-refractivity contribution in [2.75, 3.05) is 6.61 Å². The fraction of sp³-hybridized carbons (Fsp3) is 0.0870. The number of ether oxygens (including phenoxy) is 2. The molecule has 0 fully saturated rings. The standard InChI is InChI=1S/C23H18BrClN2O4/c1-2-30-20-13-15(14-26-27-22(28)16-8-10-18(25)11-9-16)12-19(24)21(20)31-23(29)17-6-4-3-5-7-17/h3-14H,2H2,1H3,(H,27,28)/b26-14-. The number of carbonyl (C=O) groups excluding carboxylic acids is 2. The van der Waals surface area contributed by atoms with Gasteiger partial charge in [-0.15, -0.1) is 0 Å². The molecule has 0 saturated heterocycles. The highest BCUT2D eigenvalue weighted by atomic mass is 79.9. The van der Waals surface area contributed by atoms with E-state index in [1.807, 2.05) is 13.0 Å². The molecule has 158 valence electrons. The number of esters is 1. The van der Waals surface area contributed by atoms with Gasteiger partial charge >= 0.3 is 5.97 Å². The van der Waals surface area contributed by atoms with E-state index < -0.39 is 5.97 Å². The zero-order valence-electron chi connectivity index (χ0n) is 16.5. The number of amides is 1. The third-order valence-corrected chi connectivity index (χ3v) is 4.86. The molecule has 31 heavy (non-hydrogen) atoms. The second-order valence-corrected chi connectivity index (χ2v) is 7.52. The van der Waals surface area contributed by atoms with E-state index in [1.54, 1.807) is 60.7 Å². The summed E-state index contributed by atoms with van der Waals surface area (Å²) in [5, 5.41) is 4.52. The average Bonchev–Trinajstić information content (AvgIpc) is 2.77. The molecule has 0 heterocycles. The Balaban J connectivity index is 1.76. The van der Waals surface area contributed by atoms with E-state index in [9.17, 15) is 9.59 Å². The van der Waals surface area contributed by atoms with Gasteiger partial charge in [0.15, 0.2) is 11.5 Å². The highest BCUT2D eigenvalue weighted by Gasteiger charge is 2.17. The van der Waals surface area contributed by atoms with Crippen LogP contribution >= 0.6 is 27.5 Å². The maximum absolute atomic E-state index is 12.4. The zero-order chi connectivity index (χ0) is 22.2. The lowest BCUT2D eigenvalue weighted by atomic mass is 10.2. The summed E-state index contributed by atoms with van der Waals surface area (Å²) >= 11 is 9.24. The Bertz CT molecular complexity index is 1100. The van der Waals surface area contributed by atoms with E-state index in [2.05, 4.69) is 26.5 Å². The van der Waals surface area contributed by atoms with Crippen molar-refractivity contribution < 1.29 is 19.1 Å². The maximum atomic E-state index is 12.4. The summed E-state index contributed by atoms with van der Waals surface area (Å²) in [5.41, 5.74) is 3.94. The molecule has 0 aromatic heterocycles. The van der Waals surface area contributed by atoms with Gasteiger partial charge in [-0.1, -0.05) is 29.8 Å².